The number of carbonyl (C=O) groups excluding carboxylic acids is 1. The number of benzene rings is 1. The van der Waals surface area contributed by atoms with E-state index in [0.717, 1.165) is 31.3 Å². The zero-order valence-corrected chi connectivity index (χ0v) is 16.6. The van der Waals surface area contributed by atoms with Crippen molar-refractivity contribution in [1.82, 2.24) is 0 Å². The van der Waals surface area contributed by atoms with Crippen LogP contribution in [0.25, 0.3) is 0 Å². The fourth-order valence-electron chi connectivity index (χ4n) is 2.65. The Labute approximate surface area is 171 Å². The van der Waals surface area contributed by atoms with Gasteiger partial charge < -0.3 is 10.5 Å². The minimum atomic E-state index is -4.86. The van der Waals surface area contributed by atoms with Gasteiger partial charge in [-0.05, 0) is 55.5 Å². The molecule has 0 saturated heterocycles. The predicted molar refractivity (Wildman–Crippen MR) is 101 cm³/mol. The molecule has 3 nitrogen and oxygen atoms in total. The summed E-state index contributed by atoms with van der Waals surface area (Å²) in [7, 11) is 0. The Balaban J connectivity index is 2.36. The molecule has 0 fully saturated rings. The highest BCUT2D eigenvalue weighted by molar-refractivity contribution is 5.86. The number of allylic oxidation sites excluding steroid dienone is 3. The van der Waals surface area contributed by atoms with Gasteiger partial charge in [0.15, 0.2) is 0 Å². The standard InChI is InChI=1S/C21H25F6NO2/c1-15(10-19(28)29)8-6-4-2-3-5-7-9-30-14-16-11-17(20(22,23)24)13-18(12-16)21(25,26)27/h6,8,10-13H,2-5,7,9,14H2,1H3,(H2,28,29). The van der Waals surface area contributed by atoms with Gasteiger partial charge in [0.1, 0.15) is 0 Å². The van der Waals surface area contributed by atoms with Crippen LogP contribution in [-0.4, -0.2) is 12.5 Å². The fourth-order valence-corrected chi connectivity index (χ4v) is 2.65. The number of carbonyl (C=O) groups is 1. The van der Waals surface area contributed by atoms with Gasteiger partial charge in [0.05, 0.1) is 17.7 Å². The van der Waals surface area contributed by atoms with Crippen LogP contribution in [0.5, 0.6) is 0 Å². The first-order chi connectivity index (χ1) is 13.9. The molecule has 2 N–H and O–H groups in total. The first-order valence-electron chi connectivity index (χ1n) is 9.40. The third-order valence-electron chi connectivity index (χ3n) is 4.08. The molecule has 0 saturated carbocycles. The Hall–Kier alpha value is -2.29. The number of alkyl halides is 6. The Kier molecular flexibility index (Phi) is 10.1. The molecule has 168 valence electrons. The van der Waals surface area contributed by atoms with Crippen LogP contribution in [-0.2, 0) is 28.5 Å². The van der Waals surface area contributed by atoms with E-state index in [1.807, 2.05) is 6.08 Å². The number of hydrogen-bond acceptors (Lipinski definition) is 2. The van der Waals surface area contributed by atoms with E-state index in [1.54, 1.807) is 13.0 Å². The van der Waals surface area contributed by atoms with E-state index in [4.69, 9.17) is 10.5 Å². The molecule has 0 aliphatic heterocycles. The van der Waals surface area contributed by atoms with Gasteiger partial charge in [-0.2, -0.15) is 26.3 Å². The van der Waals surface area contributed by atoms with Crippen molar-refractivity contribution >= 4 is 5.91 Å². The number of unbranched alkanes of at least 4 members (excludes halogenated alkanes) is 4. The van der Waals surface area contributed by atoms with Crippen molar-refractivity contribution in [2.75, 3.05) is 6.61 Å². The zero-order valence-electron chi connectivity index (χ0n) is 16.6. The maximum atomic E-state index is 12.8. The van der Waals surface area contributed by atoms with Crippen LogP contribution >= 0.6 is 0 Å². The van der Waals surface area contributed by atoms with Crippen molar-refractivity contribution in [3.8, 4) is 0 Å². The van der Waals surface area contributed by atoms with E-state index in [2.05, 4.69) is 0 Å². The second kappa shape index (κ2) is 11.8. The molecule has 1 rings (SSSR count). The van der Waals surface area contributed by atoms with Gasteiger partial charge in [0.2, 0.25) is 5.91 Å². The summed E-state index contributed by atoms with van der Waals surface area (Å²) in [6, 6.07) is 1.45. The second-order valence-electron chi connectivity index (χ2n) is 6.86. The molecule has 0 atom stereocenters. The SMILES string of the molecule is CC(C=CCCCCCCOCc1cc(C(F)(F)F)cc(C(F)(F)F)c1)=CC(N)=O. The van der Waals surface area contributed by atoms with E-state index in [1.165, 1.54) is 6.08 Å². The Bertz CT molecular complexity index is 719. The summed E-state index contributed by atoms with van der Waals surface area (Å²) < 4.78 is 82.1. The average Bonchev–Trinajstić information content (AvgIpc) is 2.61. The monoisotopic (exact) mass is 437 g/mol. The normalized spacial score (nSPS) is 13.2. The molecule has 0 aromatic heterocycles. The molecular weight excluding hydrogens is 412 g/mol. The summed E-state index contributed by atoms with van der Waals surface area (Å²) in [5.74, 6) is -0.503. The molecule has 30 heavy (non-hydrogen) atoms. The highest BCUT2D eigenvalue weighted by Gasteiger charge is 2.36. The summed E-state index contributed by atoms with van der Waals surface area (Å²) >= 11 is 0. The molecule has 0 bridgehead atoms. The van der Waals surface area contributed by atoms with Gasteiger partial charge in [0, 0.05) is 12.7 Å². The molecule has 1 aromatic carbocycles. The molecule has 0 radical (unpaired) electrons. The number of amides is 1. The van der Waals surface area contributed by atoms with Crippen LogP contribution in [0.4, 0.5) is 26.3 Å². The van der Waals surface area contributed by atoms with E-state index < -0.39 is 29.4 Å². The summed E-state index contributed by atoms with van der Waals surface area (Å²) in [6.07, 6.45) is -0.579. The van der Waals surface area contributed by atoms with E-state index in [-0.39, 0.29) is 24.8 Å². The lowest BCUT2D eigenvalue weighted by atomic mass is 10.1. The van der Waals surface area contributed by atoms with Gasteiger partial charge in [-0.3, -0.25) is 4.79 Å². The smallest absolute Gasteiger partial charge is 0.377 e. The molecule has 0 heterocycles. The Morgan fingerprint density at radius 1 is 0.967 bits per heavy atom. The Morgan fingerprint density at radius 3 is 2.07 bits per heavy atom. The van der Waals surface area contributed by atoms with Crippen LogP contribution in [0.1, 0.15) is 55.7 Å². The minimum Gasteiger partial charge on any atom is -0.377 e. The predicted octanol–water partition coefficient (Wildman–Crippen LogP) is 6.18. The molecule has 1 aromatic rings. The number of rotatable bonds is 11. The van der Waals surface area contributed by atoms with Crippen molar-refractivity contribution in [3.05, 3.63) is 58.7 Å². The maximum Gasteiger partial charge on any atom is 0.416 e. The van der Waals surface area contributed by atoms with E-state index in [9.17, 15) is 31.1 Å². The number of hydrogen-bond donors (Lipinski definition) is 1. The van der Waals surface area contributed by atoms with Crippen molar-refractivity contribution < 1.29 is 35.9 Å². The third-order valence-corrected chi connectivity index (χ3v) is 4.08. The molecule has 1 amide bonds. The van der Waals surface area contributed by atoms with E-state index in [0.29, 0.717) is 18.6 Å². The van der Waals surface area contributed by atoms with Crippen LogP contribution in [0.2, 0.25) is 0 Å². The summed E-state index contributed by atoms with van der Waals surface area (Å²) in [6.45, 7) is 1.69. The van der Waals surface area contributed by atoms with Crippen LogP contribution in [0, 0.1) is 0 Å². The number of nitrogens with two attached hydrogens (primary N) is 1. The largest absolute Gasteiger partial charge is 0.416 e. The molecule has 9 heteroatoms. The highest BCUT2D eigenvalue weighted by Crippen LogP contribution is 2.36. The van der Waals surface area contributed by atoms with Crippen LogP contribution in [0.15, 0.2) is 42.0 Å². The van der Waals surface area contributed by atoms with Crippen molar-refractivity contribution in [3.63, 3.8) is 0 Å². The molecule has 0 spiro atoms. The van der Waals surface area contributed by atoms with Crippen molar-refractivity contribution in [2.24, 2.45) is 5.73 Å². The fraction of sp³-hybridized carbons (Fsp3) is 0.476. The lowest BCUT2D eigenvalue weighted by Gasteiger charge is -2.14. The van der Waals surface area contributed by atoms with Crippen LogP contribution in [0.3, 0.4) is 0 Å². The lowest BCUT2D eigenvalue weighted by molar-refractivity contribution is -0.143. The second-order valence-corrected chi connectivity index (χ2v) is 6.86. The highest BCUT2D eigenvalue weighted by atomic mass is 19.4. The lowest BCUT2D eigenvalue weighted by Crippen LogP contribution is -2.12. The minimum absolute atomic E-state index is 0.100. The zero-order chi connectivity index (χ0) is 22.8. The first kappa shape index (κ1) is 25.7. The maximum absolute atomic E-state index is 12.8. The van der Waals surface area contributed by atoms with Gasteiger partial charge in [0.25, 0.3) is 0 Å². The van der Waals surface area contributed by atoms with Gasteiger partial charge >= 0.3 is 12.4 Å². The summed E-state index contributed by atoms with van der Waals surface area (Å²) in [5.41, 5.74) is 2.94. The number of ether oxygens (including phenoxy) is 1. The average molecular weight is 437 g/mol. The molecule has 0 aliphatic rings. The number of halogens is 6. The van der Waals surface area contributed by atoms with Crippen molar-refractivity contribution in [2.45, 2.75) is 58.0 Å². The number of primary amides is 1. The third kappa shape index (κ3) is 10.5. The topological polar surface area (TPSA) is 52.3 Å². The first-order valence-corrected chi connectivity index (χ1v) is 9.40. The Morgan fingerprint density at radius 2 is 1.53 bits per heavy atom. The van der Waals surface area contributed by atoms with Crippen molar-refractivity contribution in [1.29, 1.82) is 0 Å². The van der Waals surface area contributed by atoms with Gasteiger partial charge in [-0.15, -0.1) is 0 Å². The quantitative estimate of drug-likeness (QED) is 0.195. The van der Waals surface area contributed by atoms with Gasteiger partial charge in [-0.1, -0.05) is 25.0 Å². The molecule has 0 aliphatic carbocycles. The van der Waals surface area contributed by atoms with Crippen LogP contribution < -0.4 is 5.73 Å². The summed E-state index contributed by atoms with van der Waals surface area (Å²) in [4.78, 5) is 10.7. The summed E-state index contributed by atoms with van der Waals surface area (Å²) in [5, 5.41) is 0. The van der Waals surface area contributed by atoms with E-state index >= 15 is 0 Å². The van der Waals surface area contributed by atoms with Gasteiger partial charge in [-0.25, -0.2) is 0 Å². The molecular formula is C21H25F6NO2. The molecule has 0 unspecified atom stereocenters.